The maximum Gasteiger partial charge on any atom is 0.339 e. The number of carbonyl (C=O) groups excluding carboxylic acids is 1. The van der Waals surface area contributed by atoms with Crippen LogP contribution in [0.1, 0.15) is 15.9 Å². The number of hydrogen-bond acceptors (Lipinski definition) is 3. The van der Waals surface area contributed by atoms with Gasteiger partial charge in [-0.2, -0.15) is 0 Å². The molecule has 0 amide bonds. The van der Waals surface area contributed by atoms with E-state index in [0.717, 1.165) is 4.47 Å². The van der Waals surface area contributed by atoms with Crippen molar-refractivity contribution in [1.82, 2.24) is 0 Å². The molecule has 0 unspecified atom stereocenters. The zero-order chi connectivity index (χ0) is 10.9. The first kappa shape index (κ1) is 11.5. The van der Waals surface area contributed by atoms with Gasteiger partial charge in [0, 0.05) is 14.6 Å². The molecule has 5 heteroatoms. The summed E-state index contributed by atoms with van der Waals surface area (Å²) in [6.07, 6.45) is 0. The molecule has 0 aromatic heterocycles. The van der Waals surface area contributed by atoms with Crippen molar-refractivity contribution in [2.24, 2.45) is 0 Å². The molecule has 14 heavy (non-hydrogen) atoms. The zero-order valence-electron chi connectivity index (χ0n) is 7.73. The van der Waals surface area contributed by atoms with Crippen molar-refractivity contribution in [2.75, 3.05) is 12.8 Å². The minimum absolute atomic E-state index is 0.401. The van der Waals surface area contributed by atoms with E-state index in [9.17, 15) is 4.79 Å². The summed E-state index contributed by atoms with van der Waals surface area (Å²) >= 11 is 6.60. The summed E-state index contributed by atoms with van der Waals surface area (Å²) in [5, 5.41) is 0. The van der Waals surface area contributed by atoms with E-state index in [1.165, 1.54) is 7.11 Å². The Labute approximate surface area is 98.9 Å². The van der Waals surface area contributed by atoms with Crippen LogP contribution >= 0.6 is 31.9 Å². The predicted molar refractivity (Wildman–Crippen MR) is 62.3 cm³/mol. The molecule has 0 heterocycles. The standard InChI is InChI=1S/C9H9Br2NO2/c1-4-6(12)3-5(10)8(11)7(4)9(13)14-2/h3H,12H2,1-2H3. The van der Waals surface area contributed by atoms with Crippen molar-refractivity contribution in [3.05, 3.63) is 26.1 Å². The first-order valence-corrected chi connectivity index (χ1v) is 5.40. The van der Waals surface area contributed by atoms with Crippen molar-refractivity contribution >= 4 is 43.5 Å². The fraction of sp³-hybridized carbons (Fsp3) is 0.222. The Morgan fingerprint density at radius 2 is 2.07 bits per heavy atom. The molecule has 0 aliphatic rings. The van der Waals surface area contributed by atoms with Gasteiger partial charge < -0.3 is 10.5 Å². The predicted octanol–water partition coefficient (Wildman–Crippen LogP) is 2.89. The molecule has 0 atom stereocenters. The molecule has 0 aliphatic carbocycles. The van der Waals surface area contributed by atoms with Crippen molar-refractivity contribution in [2.45, 2.75) is 6.92 Å². The average molecular weight is 323 g/mol. The summed E-state index contributed by atoms with van der Waals surface area (Å²) in [6, 6.07) is 1.74. The second kappa shape index (κ2) is 4.31. The number of nitrogen functional groups attached to an aromatic ring is 1. The molecule has 0 saturated carbocycles. The topological polar surface area (TPSA) is 52.3 Å². The number of halogens is 2. The minimum atomic E-state index is -0.401. The van der Waals surface area contributed by atoms with E-state index in [1.807, 2.05) is 0 Å². The number of ether oxygens (including phenoxy) is 1. The number of methoxy groups -OCH3 is 1. The second-order valence-electron chi connectivity index (χ2n) is 2.75. The van der Waals surface area contributed by atoms with Crippen LogP contribution in [-0.2, 0) is 4.74 Å². The van der Waals surface area contributed by atoms with E-state index < -0.39 is 5.97 Å². The Kier molecular flexibility index (Phi) is 3.55. The number of rotatable bonds is 1. The first-order chi connectivity index (χ1) is 6.49. The number of benzene rings is 1. The lowest BCUT2D eigenvalue weighted by Gasteiger charge is -2.10. The van der Waals surface area contributed by atoms with E-state index in [2.05, 4.69) is 36.6 Å². The van der Waals surface area contributed by atoms with Gasteiger partial charge in [0.2, 0.25) is 0 Å². The summed E-state index contributed by atoms with van der Waals surface area (Å²) in [7, 11) is 1.34. The van der Waals surface area contributed by atoms with Crippen LogP contribution in [0.3, 0.4) is 0 Å². The molecule has 0 aliphatic heterocycles. The summed E-state index contributed by atoms with van der Waals surface area (Å²) in [6.45, 7) is 1.78. The van der Waals surface area contributed by atoms with Crippen LogP contribution in [0, 0.1) is 6.92 Å². The Hall–Kier alpha value is -0.550. The van der Waals surface area contributed by atoms with Gasteiger partial charge in [-0.1, -0.05) is 0 Å². The van der Waals surface area contributed by atoms with Gasteiger partial charge in [-0.25, -0.2) is 4.79 Å². The van der Waals surface area contributed by atoms with Crippen LogP contribution in [0.4, 0.5) is 5.69 Å². The highest BCUT2D eigenvalue weighted by Crippen LogP contribution is 2.33. The number of carbonyl (C=O) groups is 1. The Bertz CT molecular complexity index is 365. The fourth-order valence-electron chi connectivity index (χ4n) is 1.08. The molecule has 76 valence electrons. The molecule has 0 fully saturated rings. The first-order valence-electron chi connectivity index (χ1n) is 3.81. The van der Waals surface area contributed by atoms with Crippen LogP contribution in [0.5, 0.6) is 0 Å². The highest BCUT2D eigenvalue weighted by atomic mass is 79.9. The van der Waals surface area contributed by atoms with Gasteiger partial charge in [0.25, 0.3) is 0 Å². The second-order valence-corrected chi connectivity index (χ2v) is 4.40. The van der Waals surface area contributed by atoms with Crippen LogP contribution in [0.2, 0.25) is 0 Å². The molecule has 0 radical (unpaired) electrons. The molecule has 1 aromatic rings. The third-order valence-electron chi connectivity index (χ3n) is 1.91. The molecule has 0 saturated heterocycles. The van der Waals surface area contributed by atoms with Crippen LogP contribution in [-0.4, -0.2) is 13.1 Å². The number of nitrogens with two attached hydrogens (primary N) is 1. The van der Waals surface area contributed by atoms with Gasteiger partial charge in [-0.3, -0.25) is 0 Å². The molecule has 1 aromatic carbocycles. The number of hydrogen-bond donors (Lipinski definition) is 1. The minimum Gasteiger partial charge on any atom is -0.465 e. The van der Waals surface area contributed by atoms with Gasteiger partial charge in [-0.05, 0) is 50.4 Å². The maximum absolute atomic E-state index is 11.4. The van der Waals surface area contributed by atoms with Crippen molar-refractivity contribution < 1.29 is 9.53 Å². The molecule has 0 bridgehead atoms. The monoisotopic (exact) mass is 321 g/mol. The summed E-state index contributed by atoms with van der Waals surface area (Å²) in [5.74, 6) is -0.401. The lowest BCUT2D eigenvalue weighted by Crippen LogP contribution is -2.07. The van der Waals surface area contributed by atoms with Crippen LogP contribution in [0.25, 0.3) is 0 Å². The quantitative estimate of drug-likeness (QED) is 0.639. The lowest BCUT2D eigenvalue weighted by molar-refractivity contribution is 0.0599. The molecule has 1 rings (SSSR count). The molecular formula is C9H9Br2NO2. The largest absolute Gasteiger partial charge is 0.465 e. The van der Waals surface area contributed by atoms with E-state index in [0.29, 0.717) is 21.3 Å². The average Bonchev–Trinajstić information content (AvgIpc) is 2.15. The number of anilines is 1. The SMILES string of the molecule is COC(=O)c1c(C)c(N)cc(Br)c1Br. The van der Waals surface area contributed by atoms with Crippen LogP contribution < -0.4 is 5.73 Å². The molecule has 0 spiro atoms. The Balaban J connectivity index is 3.47. The van der Waals surface area contributed by atoms with E-state index >= 15 is 0 Å². The third kappa shape index (κ3) is 1.93. The van der Waals surface area contributed by atoms with E-state index in [1.54, 1.807) is 13.0 Å². The zero-order valence-corrected chi connectivity index (χ0v) is 10.9. The Morgan fingerprint density at radius 1 is 1.50 bits per heavy atom. The van der Waals surface area contributed by atoms with Gasteiger partial charge in [-0.15, -0.1) is 0 Å². The third-order valence-corrected chi connectivity index (χ3v) is 3.89. The molecular weight excluding hydrogens is 314 g/mol. The van der Waals surface area contributed by atoms with E-state index in [4.69, 9.17) is 5.73 Å². The highest BCUT2D eigenvalue weighted by Gasteiger charge is 2.17. The van der Waals surface area contributed by atoms with Gasteiger partial charge in [0.15, 0.2) is 0 Å². The van der Waals surface area contributed by atoms with Crippen molar-refractivity contribution in [1.29, 1.82) is 0 Å². The lowest BCUT2D eigenvalue weighted by atomic mass is 10.1. The van der Waals surface area contributed by atoms with Gasteiger partial charge >= 0.3 is 5.97 Å². The Morgan fingerprint density at radius 3 is 2.57 bits per heavy atom. The molecule has 3 nitrogen and oxygen atoms in total. The van der Waals surface area contributed by atoms with Crippen LogP contribution in [0.15, 0.2) is 15.0 Å². The highest BCUT2D eigenvalue weighted by molar-refractivity contribution is 9.13. The summed E-state index contributed by atoms with van der Waals surface area (Å²) in [4.78, 5) is 11.4. The van der Waals surface area contributed by atoms with Gasteiger partial charge in [0.05, 0.1) is 12.7 Å². The van der Waals surface area contributed by atoms with Crippen molar-refractivity contribution in [3.8, 4) is 0 Å². The van der Waals surface area contributed by atoms with E-state index in [-0.39, 0.29) is 0 Å². The summed E-state index contributed by atoms with van der Waals surface area (Å²) in [5.41, 5.74) is 7.45. The van der Waals surface area contributed by atoms with Gasteiger partial charge in [0.1, 0.15) is 0 Å². The smallest absolute Gasteiger partial charge is 0.339 e. The maximum atomic E-state index is 11.4. The van der Waals surface area contributed by atoms with Crippen molar-refractivity contribution in [3.63, 3.8) is 0 Å². The fourth-order valence-corrected chi connectivity index (χ4v) is 2.10. The summed E-state index contributed by atoms with van der Waals surface area (Å²) < 4.78 is 6.06. The number of esters is 1. The molecule has 2 N–H and O–H groups in total. The normalized spacial score (nSPS) is 10.0.